The molecule has 0 saturated heterocycles. The van der Waals surface area contributed by atoms with Crippen LogP contribution >= 0.6 is 0 Å². The smallest absolute Gasteiger partial charge is 0.217 e. The molecule has 0 spiro atoms. The summed E-state index contributed by atoms with van der Waals surface area (Å²) in [4.78, 5) is 10.7. The van der Waals surface area contributed by atoms with Gasteiger partial charge in [-0.2, -0.15) is 0 Å². The number of hydrogen-bond donors (Lipinski definition) is 2. The topological polar surface area (TPSA) is 55.1 Å². The third-order valence-corrected chi connectivity index (χ3v) is 3.29. The Balaban J connectivity index is 2.36. The minimum Gasteiger partial charge on any atom is -0.370 e. The molecular formula is C16H26N2O. The molecule has 106 valence electrons. The minimum atomic E-state index is -0.203. The van der Waals surface area contributed by atoms with Crippen LogP contribution < -0.4 is 11.1 Å². The largest absolute Gasteiger partial charge is 0.370 e. The van der Waals surface area contributed by atoms with Gasteiger partial charge in [-0.05, 0) is 31.4 Å². The van der Waals surface area contributed by atoms with Gasteiger partial charge in [0.2, 0.25) is 5.91 Å². The maximum atomic E-state index is 10.7. The molecule has 0 fully saturated rings. The molecule has 1 aromatic carbocycles. The first-order valence-corrected chi connectivity index (χ1v) is 7.30. The fourth-order valence-corrected chi connectivity index (χ4v) is 2.18. The van der Waals surface area contributed by atoms with Crippen molar-refractivity contribution < 1.29 is 4.79 Å². The molecule has 0 aliphatic rings. The molecule has 3 heteroatoms. The molecule has 0 aliphatic heterocycles. The van der Waals surface area contributed by atoms with Crippen LogP contribution in [0.2, 0.25) is 0 Å². The molecule has 0 aromatic heterocycles. The zero-order chi connectivity index (χ0) is 13.9. The summed E-state index contributed by atoms with van der Waals surface area (Å²) in [7, 11) is 0. The first kappa shape index (κ1) is 15.7. The number of rotatable bonds is 10. The molecule has 0 saturated carbocycles. The van der Waals surface area contributed by atoms with E-state index < -0.39 is 0 Å². The molecule has 0 aliphatic carbocycles. The van der Waals surface area contributed by atoms with E-state index in [1.165, 1.54) is 18.4 Å². The highest BCUT2D eigenvalue weighted by Crippen LogP contribution is 2.19. The van der Waals surface area contributed by atoms with Gasteiger partial charge in [0.25, 0.3) is 0 Å². The number of carbonyl (C=O) groups is 1. The normalized spacial score (nSPS) is 12.3. The van der Waals surface area contributed by atoms with Gasteiger partial charge >= 0.3 is 0 Å². The number of unbranched alkanes of at least 4 members (excludes halogenated alkanes) is 2. The predicted molar refractivity (Wildman–Crippen MR) is 79.8 cm³/mol. The Bertz CT molecular complexity index is 351. The van der Waals surface area contributed by atoms with Gasteiger partial charge in [0, 0.05) is 12.5 Å². The van der Waals surface area contributed by atoms with Gasteiger partial charge in [-0.1, -0.05) is 50.1 Å². The Morgan fingerprint density at radius 2 is 1.95 bits per heavy atom. The molecule has 3 nitrogen and oxygen atoms in total. The van der Waals surface area contributed by atoms with E-state index >= 15 is 0 Å². The second-order valence-corrected chi connectivity index (χ2v) is 4.98. The Hall–Kier alpha value is -1.35. The minimum absolute atomic E-state index is 0.203. The lowest BCUT2D eigenvalue weighted by atomic mass is 10.0. The summed E-state index contributed by atoms with van der Waals surface area (Å²) in [5.41, 5.74) is 6.48. The van der Waals surface area contributed by atoms with Gasteiger partial charge in [-0.3, -0.25) is 4.79 Å². The predicted octanol–water partition coefficient (Wildman–Crippen LogP) is 3.16. The van der Waals surface area contributed by atoms with Gasteiger partial charge in [-0.25, -0.2) is 0 Å². The summed E-state index contributed by atoms with van der Waals surface area (Å²) in [6.07, 6.45) is 5.97. The first-order chi connectivity index (χ1) is 9.24. The monoisotopic (exact) mass is 262 g/mol. The second-order valence-electron chi connectivity index (χ2n) is 4.98. The highest BCUT2D eigenvalue weighted by atomic mass is 16.1. The van der Waals surface area contributed by atoms with Gasteiger partial charge < -0.3 is 11.1 Å². The van der Waals surface area contributed by atoms with Crippen molar-refractivity contribution in [3.8, 4) is 0 Å². The molecule has 1 amide bonds. The Labute approximate surface area is 116 Å². The Kier molecular flexibility index (Phi) is 7.91. The standard InChI is InChI=1S/C16H26N2O/c1-2-3-11-15(14-9-5-4-6-10-14)18-13-8-7-12-16(17)19/h4-6,9-10,15,18H,2-3,7-8,11-13H2,1H3,(H2,17,19). The molecule has 0 radical (unpaired) electrons. The molecule has 1 atom stereocenters. The van der Waals surface area contributed by atoms with E-state index in [1.54, 1.807) is 0 Å². The van der Waals surface area contributed by atoms with E-state index in [0.29, 0.717) is 12.5 Å². The maximum absolute atomic E-state index is 10.7. The Morgan fingerprint density at radius 1 is 1.21 bits per heavy atom. The SMILES string of the molecule is CCCCC(NCCCCC(N)=O)c1ccccc1. The van der Waals surface area contributed by atoms with Crippen molar-refractivity contribution in [1.29, 1.82) is 0 Å². The van der Waals surface area contributed by atoms with E-state index in [0.717, 1.165) is 25.8 Å². The molecule has 19 heavy (non-hydrogen) atoms. The lowest BCUT2D eigenvalue weighted by molar-refractivity contribution is -0.118. The number of amides is 1. The molecule has 1 unspecified atom stereocenters. The van der Waals surface area contributed by atoms with Crippen LogP contribution in [0, 0.1) is 0 Å². The van der Waals surface area contributed by atoms with Crippen molar-refractivity contribution >= 4 is 5.91 Å². The van der Waals surface area contributed by atoms with Crippen molar-refractivity contribution in [2.24, 2.45) is 5.73 Å². The average Bonchev–Trinajstić information content (AvgIpc) is 2.42. The van der Waals surface area contributed by atoms with Crippen molar-refractivity contribution in [2.75, 3.05) is 6.54 Å². The van der Waals surface area contributed by atoms with Crippen molar-refractivity contribution in [2.45, 2.75) is 51.5 Å². The maximum Gasteiger partial charge on any atom is 0.217 e. The van der Waals surface area contributed by atoms with Crippen LogP contribution in [-0.2, 0) is 4.79 Å². The number of carbonyl (C=O) groups excluding carboxylic acids is 1. The summed E-state index contributed by atoms with van der Waals surface area (Å²) < 4.78 is 0. The summed E-state index contributed by atoms with van der Waals surface area (Å²) in [5.74, 6) is -0.203. The van der Waals surface area contributed by atoms with Crippen LogP contribution in [0.5, 0.6) is 0 Å². The molecular weight excluding hydrogens is 236 g/mol. The quantitative estimate of drug-likeness (QED) is 0.636. The lowest BCUT2D eigenvalue weighted by Gasteiger charge is -2.19. The second kappa shape index (κ2) is 9.56. The molecule has 0 bridgehead atoms. The van der Waals surface area contributed by atoms with Gasteiger partial charge in [0.15, 0.2) is 0 Å². The summed E-state index contributed by atoms with van der Waals surface area (Å²) in [6.45, 7) is 3.16. The van der Waals surface area contributed by atoms with E-state index in [4.69, 9.17) is 5.73 Å². The number of nitrogens with two attached hydrogens (primary N) is 1. The number of primary amides is 1. The molecule has 0 heterocycles. The van der Waals surface area contributed by atoms with Crippen LogP contribution in [0.15, 0.2) is 30.3 Å². The molecule has 1 aromatic rings. The third kappa shape index (κ3) is 6.97. The number of hydrogen-bond acceptors (Lipinski definition) is 2. The van der Waals surface area contributed by atoms with Gasteiger partial charge in [-0.15, -0.1) is 0 Å². The van der Waals surface area contributed by atoms with Crippen LogP contribution in [-0.4, -0.2) is 12.5 Å². The fraction of sp³-hybridized carbons (Fsp3) is 0.562. The van der Waals surface area contributed by atoms with E-state index in [-0.39, 0.29) is 5.91 Å². The van der Waals surface area contributed by atoms with Crippen LogP contribution in [0.4, 0.5) is 0 Å². The zero-order valence-corrected chi connectivity index (χ0v) is 11.9. The van der Waals surface area contributed by atoms with Crippen LogP contribution in [0.1, 0.15) is 57.1 Å². The molecule has 3 N–H and O–H groups in total. The van der Waals surface area contributed by atoms with Gasteiger partial charge in [0.1, 0.15) is 0 Å². The zero-order valence-electron chi connectivity index (χ0n) is 11.9. The highest BCUT2D eigenvalue weighted by molar-refractivity contribution is 5.73. The Morgan fingerprint density at radius 3 is 2.58 bits per heavy atom. The average molecular weight is 262 g/mol. The van der Waals surface area contributed by atoms with Crippen LogP contribution in [0.3, 0.4) is 0 Å². The highest BCUT2D eigenvalue weighted by Gasteiger charge is 2.09. The van der Waals surface area contributed by atoms with Crippen molar-refractivity contribution in [3.63, 3.8) is 0 Å². The molecule has 1 rings (SSSR count). The number of benzene rings is 1. The summed E-state index contributed by atoms with van der Waals surface area (Å²) in [6, 6.07) is 11.0. The van der Waals surface area contributed by atoms with Crippen LogP contribution in [0.25, 0.3) is 0 Å². The summed E-state index contributed by atoms with van der Waals surface area (Å²) in [5, 5.41) is 3.59. The number of nitrogens with one attached hydrogen (secondary N) is 1. The fourth-order valence-electron chi connectivity index (χ4n) is 2.18. The van der Waals surface area contributed by atoms with Crippen molar-refractivity contribution in [1.82, 2.24) is 5.32 Å². The third-order valence-electron chi connectivity index (χ3n) is 3.29. The van der Waals surface area contributed by atoms with Crippen molar-refractivity contribution in [3.05, 3.63) is 35.9 Å². The van der Waals surface area contributed by atoms with E-state index in [2.05, 4.69) is 36.5 Å². The van der Waals surface area contributed by atoms with E-state index in [1.807, 2.05) is 6.07 Å². The first-order valence-electron chi connectivity index (χ1n) is 7.30. The van der Waals surface area contributed by atoms with E-state index in [9.17, 15) is 4.79 Å². The van der Waals surface area contributed by atoms with Gasteiger partial charge in [0.05, 0.1) is 0 Å². The lowest BCUT2D eigenvalue weighted by Crippen LogP contribution is -2.23. The summed E-state index contributed by atoms with van der Waals surface area (Å²) >= 11 is 0.